The number of methoxy groups -OCH3 is 1. The van der Waals surface area contributed by atoms with E-state index in [2.05, 4.69) is 10.3 Å². The number of hydrogen-bond donors (Lipinski definition) is 1. The number of alkyl carbamates (subject to hydrolysis) is 1. The molecule has 1 N–H and O–H groups in total. The van der Waals surface area contributed by atoms with Crippen molar-refractivity contribution < 1.29 is 28.6 Å². The van der Waals surface area contributed by atoms with Crippen molar-refractivity contribution in [2.24, 2.45) is 13.0 Å². The van der Waals surface area contributed by atoms with Gasteiger partial charge in [-0.3, -0.25) is 4.79 Å². The number of carbonyl (C=O) groups excluding carboxylic acids is 3. The van der Waals surface area contributed by atoms with Crippen molar-refractivity contribution in [2.45, 2.75) is 39.7 Å². The van der Waals surface area contributed by atoms with Gasteiger partial charge in [0.25, 0.3) is 0 Å². The van der Waals surface area contributed by atoms with E-state index in [1.54, 1.807) is 20.9 Å². The number of ether oxygens (including phenoxy) is 3. The molecule has 2 aromatic carbocycles. The predicted molar refractivity (Wildman–Crippen MR) is 132 cm³/mol. The van der Waals surface area contributed by atoms with E-state index in [1.165, 1.54) is 11.7 Å². The number of hydrogen-bond acceptors (Lipinski definition) is 7. The molecule has 0 spiro atoms. The van der Waals surface area contributed by atoms with Crippen LogP contribution in [0.15, 0.2) is 60.7 Å². The number of nitrogens with zero attached hydrogens (tertiary/aromatic N) is 2. The van der Waals surface area contributed by atoms with Crippen molar-refractivity contribution in [1.29, 1.82) is 0 Å². The second-order valence-corrected chi connectivity index (χ2v) is 8.55. The lowest BCUT2D eigenvalue weighted by atomic mass is 9.99. The van der Waals surface area contributed by atoms with E-state index in [0.29, 0.717) is 12.3 Å². The standard InChI is InChI=1S/C27H31N3O6/c1-18(2)22(29-27(33)36-16-20-13-9-6-10-14-20)24(31)25-28-23(26(32)34-4)21(30(25)3)17-35-15-19-11-7-5-8-12-19/h5-14,18,22H,15-17H2,1-4H3,(H,29,33)/t22-/m0/s1. The zero-order valence-electron chi connectivity index (χ0n) is 20.9. The van der Waals surface area contributed by atoms with Gasteiger partial charge in [-0.1, -0.05) is 74.5 Å². The van der Waals surface area contributed by atoms with Crippen LogP contribution < -0.4 is 5.32 Å². The Morgan fingerprint density at radius 1 is 0.917 bits per heavy atom. The third-order valence-electron chi connectivity index (χ3n) is 5.60. The Morgan fingerprint density at radius 2 is 1.50 bits per heavy atom. The van der Waals surface area contributed by atoms with Crippen LogP contribution in [0.4, 0.5) is 4.79 Å². The molecule has 3 rings (SSSR count). The molecule has 0 fully saturated rings. The monoisotopic (exact) mass is 493 g/mol. The number of aromatic nitrogens is 2. The Balaban J connectivity index is 1.75. The molecule has 0 aliphatic rings. The molecular formula is C27H31N3O6. The molecule has 1 aromatic heterocycles. The second kappa shape index (κ2) is 12.6. The quantitative estimate of drug-likeness (QED) is 0.317. The van der Waals surface area contributed by atoms with E-state index in [1.807, 2.05) is 60.7 Å². The molecule has 3 aromatic rings. The topological polar surface area (TPSA) is 109 Å². The fourth-order valence-corrected chi connectivity index (χ4v) is 3.58. The Morgan fingerprint density at radius 3 is 2.06 bits per heavy atom. The van der Waals surface area contributed by atoms with Crippen LogP contribution in [-0.4, -0.2) is 40.5 Å². The first-order valence-corrected chi connectivity index (χ1v) is 11.6. The Bertz CT molecular complexity index is 1170. The summed E-state index contributed by atoms with van der Waals surface area (Å²) in [5, 5.41) is 2.64. The van der Waals surface area contributed by atoms with E-state index in [4.69, 9.17) is 14.2 Å². The van der Waals surface area contributed by atoms with Crippen LogP contribution in [0.2, 0.25) is 0 Å². The van der Waals surface area contributed by atoms with Crippen LogP contribution in [0.25, 0.3) is 0 Å². The lowest BCUT2D eigenvalue weighted by Gasteiger charge is -2.20. The summed E-state index contributed by atoms with van der Waals surface area (Å²) >= 11 is 0. The van der Waals surface area contributed by atoms with Gasteiger partial charge in [0.1, 0.15) is 12.6 Å². The van der Waals surface area contributed by atoms with Gasteiger partial charge in [-0.05, 0) is 17.0 Å². The molecule has 190 valence electrons. The summed E-state index contributed by atoms with van der Waals surface area (Å²) in [4.78, 5) is 42.6. The fourth-order valence-electron chi connectivity index (χ4n) is 3.58. The van der Waals surface area contributed by atoms with Gasteiger partial charge in [0, 0.05) is 7.05 Å². The minimum atomic E-state index is -0.919. The molecule has 0 aliphatic carbocycles. The molecule has 0 saturated carbocycles. The van der Waals surface area contributed by atoms with Gasteiger partial charge in [-0.2, -0.15) is 0 Å². The molecule has 9 heteroatoms. The normalized spacial score (nSPS) is 11.7. The summed E-state index contributed by atoms with van der Waals surface area (Å²) in [5.41, 5.74) is 2.18. The van der Waals surface area contributed by atoms with E-state index >= 15 is 0 Å². The first kappa shape index (κ1) is 26.6. The van der Waals surface area contributed by atoms with Crippen LogP contribution >= 0.6 is 0 Å². The van der Waals surface area contributed by atoms with Crippen molar-refractivity contribution in [3.8, 4) is 0 Å². The van der Waals surface area contributed by atoms with Crippen LogP contribution in [-0.2, 0) is 41.1 Å². The van der Waals surface area contributed by atoms with Crippen molar-refractivity contribution >= 4 is 17.8 Å². The zero-order chi connectivity index (χ0) is 26.1. The molecule has 1 amide bonds. The molecule has 0 bridgehead atoms. The summed E-state index contributed by atoms with van der Waals surface area (Å²) in [5.74, 6) is -1.39. The average Bonchev–Trinajstić information content (AvgIpc) is 3.22. The summed E-state index contributed by atoms with van der Waals surface area (Å²) in [7, 11) is 2.87. The number of amides is 1. The predicted octanol–water partition coefficient (Wildman–Crippen LogP) is 4.06. The highest BCUT2D eigenvalue weighted by molar-refractivity contribution is 6.00. The van der Waals surface area contributed by atoms with E-state index < -0.39 is 23.9 Å². The number of carbonyl (C=O) groups is 3. The van der Waals surface area contributed by atoms with Gasteiger partial charge in [0.15, 0.2) is 11.5 Å². The SMILES string of the molecule is COC(=O)c1nc(C(=O)[C@@H](NC(=O)OCc2ccccc2)C(C)C)n(C)c1COCc1ccccc1. The largest absolute Gasteiger partial charge is 0.464 e. The average molecular weight is 494 g/mol. The van der Waals surface area contributed by atoms with E-state index in [-0.39, 0.29) is 30.7 Å². The van der Waals surface area contributed by atoms with E-state index in [9.17, 15) is 14.4 Å². The lowest BCUT2D eigenvalue weighted by molar-refractivity contribution is 0.0581. The van der Waals surface area contributed by atoms with Gasteiger partial charge < -0.3 is 24.1 Å². The molecule has 36 heavy (non-hydrogen) atoms. The third kappa shape index (κ3) is 6.79. The molecule has 1 atom stereocenters. The molecule has 0 saturated heterocycles. The smallest absolute Gasteiger partial charge is 0.408 e. The molecule has 0 aliphatic heterocycles. The van der Waals surface area contributed by atoms with Crippen LogP contribution in [0.1, 0.15) is 51.8 Å². The van der Waals surface area contributed by atoms with Gasteiger partial charge in [0.2, 0.25) is 5.78 Å². The van der Waals surface area contributed by atoms with Crippen LogP contribution in [0.5, 0.6) is 0 Å². The van der Waals surface area contributed by atoms with E-state index in [0.717, 1.165) is 11.1 Å². The summed E-state index contributed by atoms with van der Waals surface area (Å²) in [6.07, 6.45) is -0.722. The maximum atomic E-state index is 13.4. The Kier molecular flexibility index (Phi) is 9.35. The minimum Gasteiger partial charge on any atom is -0.464 e. The van der Waals surface area contributed by atoms with Crippen molar-refractivity contribution in [3.05, 3.63) is 89.0 Å². The lowest BCUT2D eigenvalue weighted by Crippen LogP contribution is -2.45. The van der Waals surface area contributed by atoms with Gasteiger partial charge in [-0.15, -0.1) is 0 Å². The fraction of sp³-hybridized carbons (Fsp3) is 0.333. The second-order valence-electron chi connectivity index (χ2n) is 8.55. The van der Waals surface area contributed by atoms with Crippen molar-refractivity contribution in [2.75, 3.05) is 7.11 Å². The first-order chi connectivity index (χ1) is 17.3. The van der Waals surface area contributed by atoms with Crippen LogP contribution in [0, 0.1) is 5.92 Å². The molecule has 1 heterocycles. The van der Waals surface area contributed by atoms with Gasteiger partial charge in [-0.25, -0.2) is 14.6 Å². The number of nitrogens with one attached hydrogen (secondary N) is 1. The molecule has 9 nitrogen and oxygen atoms in total. The minimum absolute atomic E-state index is 0.00873. The third-order valence-corrected chi connectivity index (χ3v) is 5.60. The first-order valence-electron chi connectivity index (χ1n) is 11.6. The maximum absolute atomic E-state index is 13.4. The Hall–Kier alpha value is -3.98. The van der Waals surface area contributed by atoms with Gasteiger partial charge in [0.05, 0.1) is 26.0 Å². The summed E-state index contributed by atoms with van der Waals surface area (Å²) in [6.45, 7) is 4.03. The zero-order valence-corrected chi connectivity index (χ0v) is 20.9. The van der Waals surface area contributed by atoms with Gasteiger partial charge >= 0.3 is 12.1 Å². The highest BCUT2D eigenvalue weighted by atomic mass is 16.5. The summed E-state index contributed by atoms with van der Waals surface area (Å²) in [6, 6.07) is 17.9. The van der Waals surface area contributed by atoms with Crippen molar-refractivity contribution in [1.82, 2.24) is 14.9 Å². The summed E-state index contributed by atoms with van der Waals surface area (Å²) < 4.78 is 17.4. The number of ketones is 1. The number of imidazole rings is 1. The molecule has 0 radical (unpaired) electrons. The number of esters is 1. The maximum Gasteiger partial charge on any atom is 0.408 e. The highest BCUT2D eigenvalue weighted by Crippen LogP contribution is 2.18. The molecular weight excluding hydrogens is 462 g/mol. The number of rotatable bonds is 11. The van der Waals surface area contributed by atoms with Crippen molar-refractivity contribution in [3.63, 3.8) is 0 Å². The number of benzene rings is 2. The van der Waals surface area contributed by atoms with Crippen LogP contribution in [0.3, 0.4) is 0 Å². The molecule has 0 unspecified atom stereocenters. The number of Topliss-reactive ketones (excluding diaryl/α,β-unsaturated/α-hetero) is 1. The Labute approximate surface area is 210 Å². The highest BCUT2D eigenvalue weighted by Gasteiger charge is 2.32.